The van der Waals surface area contributed by atoms with Crippen LogP contribution in [-0.2, 0) is 0 Å². The number of aliphatic imine (C=N–C) groups is 1. The van der Waals surface area contributed by atoms with Gasteiger partial charge in [-0.05, 0) is 30.6 Å². The maximum absolute atomic E-state index is 5.39. The first-order valence-electron chi connectivity index (χ1n) is 5.88. The Morgan fingerprint density at radius 3 is 2.53 bits per heavy atom. The lowest BCUT2D eigenvalue weighted by atomic mass is 10.1. The van der Waals surface area contributed by atoms with E-state index in [-0.39, 0.29) is 0 Å². The molecule has 0 amide bonds. The van der Waals surface area contributed by atoms with Crippen LogP contribution >= 0.6 is 0 Å². The molecular formula is C11H24N4. The molecule has 88 valence electrons. The Balaban J connectivity index is 2.22. The van der Waals surface area contributed by atoms with Crippen molar-refractivity contribution in [3.63, 3.8) is 0 Å². The number of nitrogens with one attached hydrogen (secondary N) is 2. The molecule has 0 aromatic heterocycles. The molecule has 4 N–H and O–H groups in total. The molecule has 4 heteroatoms. The molecule has 1 unspecified atom stereocenters. The number of hydrazine groups is 1. The van der Waals surface area contributed by atoms with Crippen LogP contribution in [0.2, 0.25) is 0 Å². The zero-order valence-electron chi connectivity index (χ0n) is 10.1. The van der Waals surface area contributed by atoms with Crippen LogP contribution in [0.25, 0.3) is 0 Å². The number of hydrogen-bond acceptors (Lipinski definition) is 2. The standard InChI is InChI=1S/C11H24N4/c1-8(2)6-13-11(15-12)14-7-9(3)10-4-5-10/h8-10H,4-7,12H2,1-3H3,(H2,13,14,15). The van der Waals surface area contributed by atoms with E-state index in [1.54, 1.807) is 0 Å². The molecule has 1 aliphatic rings. The van der Waals surface area contributed by atoms with E-state index in [2.05, 4.69) is 36.5 Å². The van der Waals surface area contributed by atoms with Crippen LogP contribution in [0.4, 0.5) is 0 Å². The zero-order chi connectivity index (χ0) is 11.3. The Morgan fingerprint density at radius 2 is 2.07 bits per heavy atom. The molecule has 1 atom stereocenters. The van der Waals surface area contributed by atoms with Gasteiger partial charge in [-0.1, -0.05) is 20.8 Å². The molecule has 0 spiro atoms. The molecule has 0 aliphatic heterocycles. The predicted octanol–water partition coefficient (Wildman–Crippen LogP) is 1.10. The molecule has 1 fully saturated rings. The number of hydrogen-bond donors (Lipinski definition) is 3. The SMILES string of the molecule is CC(C)CN=C(NN)NCC(C)C1CC1. The van der Waals surface area contributed by atoms with E-state index in [1.807, 2.05) is 0 Å². The third-order valence-corrected chi connectivity index (χ3v) is 2.77. The number of nitrogens with zero attached hydrogens (tertiary/aromatic N) is 1. The largest absolute Gasteiger partial charge is 0.355 e. The first kappa shape index (κ1) is 12.3. The Morgan fingerprint density at radius 1 is 1.40 bits per heavy atom. The normalized spacial score (nSPS) is 19.1. The summed E-state index contributed by atoms with van der Waals surface area (Å²) < 4.78 is 0. The van der Waals surface area contributed by atoms with E-state index in [0.717, 1.165) is 30.9 Å². The molecule has 1 rings (SSSR count). The van der Waals surface area contributed by atoms with Gasteiger partial charge in [-0.25, -0.2) is 5.84 Å². The molecule has 0 heterocycles. The molecule has 15 heavy (non-hydrogen) atoms. The van der Waals surface area contributed by atoms with Gasteiger partial charge in [0.05, 0.1) is 0 Å². The summed E-state index contributed by atoms with van der Waals surface area (Å²) in [6.07, 6.45) is 2.77. The van der Waals surface area contributed by atoms with Crippen LogP contribution in [0, 0.1) is 17.8 Å². The second-order valence-corrected chi connectivity index (χ2v) is 4.92. The van der Waals surface area contributed by atoms with E-state index in [9.17, 15) is 0 Å². The molecule has 0 aromatic rings. The molecule has 0 saturated heterocycles. The summed E-state index contributed by atoms with van der Waals surface area (Å²) in [5, 5.41) is 3.26. The fourth-order valence-corrected chi connectivity index (χ4v) is 1.52. The highest BCUT2D eigenvalue weighted by molar-refractivity contribution is 5.79. The third kappa shape index (κ3) is 5.02. The molecule has 0 aromatic carbocycles. The maximum atomic E-state index is 5.39. The topological polar surface area (TPSA) is 62.4 Å². The Labute approximate surface area is 92.7 Å². The molecule has 1 saturated carbocycles. The van der Waals surface area contributed by atoms with E-state index in [1.165, 1.54) is 12.8 Å². The van der Waals surface area contributed by atoms with Gasteiger partial charge in [0.2, 0.25) is 5.96 Å². The highest BCUT2D eigenvalue weighted by atomic mass is 15.3. The van der Waals surface area contributed by atoms with Crippen LogP contribution in [0.5, 0.6) is 0 Å². The Hall–Kier alpha value is -0.770. The summed E-state index contributed by atoms with van der Waals surface area (Å²) in [5.74, 6) is 8.32. The fourth-order valence-electron chi connectivity index (χ4n) is 1.52. The average molecular weight is 212 g/mol. The number of nitrogens with two attached hydrogens (primary N) is 1. The molecule has 1 aliphatic carbocycles. The summed E-state index contributed by atoms with van der Waals surface area (Å²) in [6.45, 7) is 8.34. The maximum Gasteiger partial charge on any atom is 0.205 e. The summed E-state index contributed by atoms with van der Waals surface area (Å²) >= 11 is 0. The highest BCUT2D eigenvalue weighted by Gasteiger charge is 2.27. The van der Waals surface area contributed by atoms with E-state index >= 15 is 0 Å². The Kier molecular flexibility index (Phi) is 4.88. The first-order chi connectivity index (χ1) is 7.13. The van der Waals surface area contributed by atoms with Crippen molar-refractivity contribution in [1.29, 1.82) is 0 Å². The minimum atomic E-state index is 0.566. The van der Waals surface area contributed by atoms with Gasteiger partial charge >= 0.3 is 0 Å². The summed E-state index contributed by atoms with van der Waals surface area (Å²) in [7, 11) is 0. The first-order valence-corrected chi connectivity index (χ1v) is 5.88. The number of guanidine groups is 1. The Bertz CT molecular complexity index is 209. The quantitative estimate of drug-likeness (QED) is 0.277. The molecule has 4 nitrogen and oxygen atoms in total. The van der Waals surface area contributed by atoms with Gasteiger partial charge in [0, 0.05) is 13.1 Å². The lowest BCUT2D eigenvalue weighted by Gasteiger charge is -2.14. The van der Waals surface area contributed by atoms with Gasteiger partial charge in [-0.15, -0.1) is 0 Å². The third-order valence-electron chi connectivity index (χ3n) is 2.77. The monoisotopic (exact) mass is 212 g/mol. The van der Waals surface area contributed by atoms with Crippen molar-refractivity contribution in [3.8, 4) is 0 Å². The highest BCUT2D eigenvalue weighted by Crippen LogP contribution is 2.35. The van der Waals surface area contributed by atoms with Gasteiger partial charge in [0.25, 0.3) is 0 Å². The molecular weight excluding hydrogens is 188 g/mol. The van der Waals surface area contributed by atoms with E-state index in [4.69, 9.17) is 5.84 Å². The van der Waals surface area contributed by atoms with Crippen molar-refractivity contribution in [2.45, 2.75) is 33.6 Å². The van der Waals surface area contributed by atoms with Gasteiger partial charge in [0.15, 0.2) is 0 Å². The van der Waals surface area contributed by atoms with Crippen molar-refractivity contribution >= 4 is 5.96 Å². The fraction of sp³-hybridized carbons (Fsp3) is 0.909. The van der Waals surface area contributed by atoms with Crippen LogP contribution < -0.4 is 16.6 Å². The van der Waals surface area contributed by atoms with Crippen molar-refractivity contribution in [3.05, 3.63) is 0 Å². The lowest BCUT2D eigenvalue weighted by molar-refractivity contribution is 0.495. The predicted molar refractivity (Wildman–Crippen MR) is 64.4 cm³/mol. The lowest BCUT2D eigenvalue weighted by Crippen LogP contribution is -2.43. The van der Waals surface area contributed by atoms with E-state index < -0.39 is 0 Å². The second kappa shape index (κ2) is 5.95. The van der Waals surface area contributed by atoms with Crippen LogP contribution in [0.15, 0.2) is 4.99 Å². The van der Waals surface area contributed by atoms with Gasteiger partial charge in [-0.3, -0.25) is 10.4 Å². The van der Waals surface area contributed by atoms with Gasteiger partial charge < -0.3 is 5.32 Å². The average Bonchev–Trinajstić information content (AvgIpc) is 3.00. The summed E-state index contributed by atoms with van der Waals surface area (Å²) in [4.78, 5) is 4.36. The summed E-state index contributed by atoms with van der Waals surface area (Å²) in [6, 6.07) is 0. The minimum Gasteiger partial charge on any atom is -0.355 e. The van der Waals surface area contributed by atoms with Gasteiger partial charge in [-0.2, -0.15) is 0 Å². The van der Waals surface area contributed by atoms with Crippen molar-refractivity contribution < 1.29 is 0 Å². The minimum absolute atomic E-state index is 0.566. The van der Waals surface area contributed by atoms with Crippen LogP contribution in [-0.4, -0.2) is 19.0 Å². The zero-order valence-corrected chi connectivity index (χ0v) is 10.1. The summed E-state index contributed by atoms with van der Waals surface area (Å²) in [5.41, 5.74) is 2.61. The second-order valence-electron chi connectivity index (χ2n) is 4.92. The number of rotatable bonds is 5. The molecule has 0 radical (unpaired) electrons. The van der Waals surface area contributed by atoms with Crippen LogP contribution in [0.3, 0.4) is 0 Å². The van der Waals surface area contributed by atoms with Crippen molar-refractivity contribution in [2.24, 2.45) is 28.6 Å². The smallest absolute Gasteiger partial charge is 0.205 e. The van der Waals surface area contributed by atoms with Crippen LogP contribution in [0.1, 0.15) is 33.6 Å². The molecule has 0 bridgehead atoms. The van der Waals surface area contributed by atoms with E-state index in [0.29, 0.717) is 5.92 Å². The van der Waals surface area contributed by atoms with Crippen molar-refractivity contribution in [2.75, 3.05) is 13.1 Å². The van der Waals surface area contributed by atoms with Crippen molar-refractivity contribution in [1.82, 2.24) is 10.7 Å². The van der Waals surface area contributed by atoms with Gasteiger partial charge in [0.1, 0.15) is 0 Å².